The second-order valence-electron chi connectivity index (χ2n) is 6.26. The number of carbonyl (C=O) groups is 3. The number of ketones is 1. The van der Waals surface area contributed by atoms with E-state index in [0.717, 1.165) is 0 Å². The molecule has 2 aromatic rings. The van der Waals surface area contributed by atoms with Crippen LogP contribution in [0.2, 0.25) is 0 Å². The summed E-state index contributed by atoms with van der Waals surface area (Å²) < 4.78 is 10.3. The third-order valence-corrected chi connectivity index (χ3v) is 4.08. The number of guanidine groups is 1. The number of ether oxygens (including phenoxy) is 2. The maximum Gasteiger partial charge on any atom is 0.343 e. The Bertz CT molecular complexity index is 901. The summed E-state index contributed by atoms with van der Waals surface area (Å²) in [6.07, 6.45) is 0.318. The average Bonchev–Trinajstić information content (AvgIpc) is 2.71. The lowest BCUT2D eigenvalue weighted by Crippen LogP contribution is -2.21. The number of Topliss-reactive ketones (excluding diaryl/α,β-unsaturated/α-hetero) is 1. The fourth-order valence-electron chi connectivity index (χ4n) is 2.33. The van der Waals surface area contributed by atoms with Crippen LogP contribution in [0, 0.1) is 0 Å². The fourth-order valence-corrected chi connectivity index (χ4v) is 2.33. The zero-order chi connectivity index (χ0) is 21.4. The molecule has 8 nitrogen and oxygen atoms in total. The Balaban J connectivity index is 1.97. The molecule has 2 aromatic carbocycles. The normalized spacial score (nSPS) is 11.2. The highest BCUT2D eigenvalue weighted by atomic mass is 16.5. The van der Waals surface area contributed by atoms with Crippen LogP contribution < -0.4 is 16.2 Å². The van der Waals surface area contributed by atoms with Gasteiger partial charge < -0.3 is 20.9 Å². The van der Waals surface area contributed by atoms with E-state index in [1.807, 2.05) is 0 Å². The summed E-state index contributed by atoms with van der Waals surface area (Å²) in [5.74, 6) is -1.46. The smallest absolute Gasteiger partial charge is 0.343 e. The molecule has 1 atom stereocenters. The van der Waals surface area contributed by atoms with Gasteiger partial charge in [0.05, 0.1) is 17.2 Å². The highest BCUT2D eigenvalue weighted by molar-refractivity contribution is 5.91. The first-order valence-electron chi connectivity index (χ1n) is 9.00. The highest BCUT2D eigenvalue weighted by Gasteiger charge is 2.18. The predicted octanol–water partition coefficient (Wildman–Crippen LogP) is 2.44. The van der Waals surface area contributed by atoms with Gasteiger partial charge in [-0.25, -0.2) is 9.79 Å². The van der Waals surface area contributed by atoms with Gasteiger partial charge in [-0.2, -0.15) is 0 Å². The molecule has 0 aliphatic heterocycles. The molecule has 0 heterocycles. The van der Waals surface area contributed by atoms with E-state index in [1.165, 1.54) is 0 Å². The van der Waals surface area contributed by atoms with E-state index in [2.05, 4.69) is 4.99 Å². The topological polar surface area (TPSA) is 134 Å². The summed E-state index contributed by atoms with van der Waals surface area (Å²) in [5, 5.41) is 0. The molecule has 0 saturated carbocycles. The Labute approximate surface area is 168 Å². The van der Waals surface area contributed by atoms with Crippen LogP contribution in [0.1, 0.15) is 42.1 Å². The van der Waals surface area contributed by atoms with Gasteiger partial charge in [-0.05, 0) is 48.9 Å². The summed E-state index contributed by atoms with van der Waals surface area (Å²) in [4.78, 5) is 39.4. The molecule has 0 fully saturated rings. The third kappa shape index (κ3) is 6.46. The van der Waals surface area contributed by atoms with Crippen molar-refractivity contribution in [1.82, 2.24) is 0 Å². The molecule has 0 saturated heterocycles. The summed E-state index contributed by atoms with van der Waals surface area (Å²) in [6.45, 7) is 3.16. The summed E-state index contributed by atoms with van der Waals surface area (Å²) in [6, 6.07) is 12.8. The van der Waals surface area contributed by atoms with Crippen molar-refractivity contribution in [2.75, 3.05) is 6.61 Å². The largest absolute Gasteiger partial charge is 0.457 e. The first kappa shape index (κ1) is 21.6. The van der Waals surface area contributed by atoms with Crippen molar-refractivity contribution in [2.45, 2.75) is 26.2 Å². The number of rotatable bonds is 8. The summed E-state index contributed by atoms with van der Waals surface area (Å²) >= 11 is 0. The number of aliphatic imine (C=N–C) groups is 1. The number of hydrogen-bond acceptors (Lipinski definition) is 6. The highest BCUT2D eigenvalue weighted by Crippen LogP contribution is 2.22. The van der Waals surface area contributed by atoms with E-state index in [9.17, 15) is 14.4 Å². The van der Waals surface area contributed by atoms with Gasteiger partial charge in [0.25, 0.3) is 0 Å². The van der Waals surface area contributed by atoms with E-state index >= 15 is 0 Å². The van der Waals surface area contributed by atoms with Gasteiger partial charge in [0.1, 0.15) is 12.4 Å². The van der Waals surface area contributed by atoms with Gasteiger partial charge in [-0.15, -0.1) is 0 Å². The second-order valence-corrected chi connectivity index (χ2v) is 6.26. The van der Waals surface area contributed by atoms with E-state index < -0.39 is 17.9 Å². The molecule has 0 unspecified atom stereocenters. The van der Waals surface area contributed by atoms with Crippen LogP contribution in [-0.2, 0) is 14.3 Å². The minimum atomic E-state index is -0.549. The molecule has 0 aromatic heterocycles. The molecular weight excluding hydrogens is 374 g/mol. The zero-order valence-electron chi connectivity index (χ0n) is 16.3. The number of nitrogens with zero attached hydrogens (tertiary/aromatic N) is 1. The van der Waals surface area contributed by atoms with Gasteiger partial charge in [0, 0.05) is 6.42 Å². The SMILES string of the molecule is CCC(=O)COC(=O)[C@@H](C)c1ccc(OC(=O)c2ccc(N=C(N)N)cc2)cc1. The van der Waals surface area contributed by atoms with Crippen LogP contribution in [0.25, 0.3) is 0 Å². The fraction of sp³-hybridized carbons (Fsp3) is 0.238. The first-order chi connectivity index (χ1) is 13.8. The standard InChI is InChI=1S/C21H23N3O5/c1-3-17(25)12-28-19(26)13(2)14-6-10-18(11-7-14)29-20(27)15-4-8-16(9-5-15)24-21(22)23/h4-11,13H,3,12H2,1-2H3,(H4,22,23,24)/t13-/m0/s1. The number of esters is 2. The van der Waals surface area contributed by atoms with Crippen molar-refractivity contribution in [2.24, 2.45) is 16.5 Å². The molecule has 0 aliphatic carbocycles. The van der Waals surface area contributed by atoms with Crippen molar-refractivity contribution in [3.63, 3.8) is 0 Å². The number of carbonyl (C=O) groups excluding carboxylic acids is 3. The lowest BCUT2D eigenvalue weighted by atomic mass is 10.0. The maximum atomic E-state index is 12.2. The van der Waals surface area contributed by atoms with Gasteiger partial charge in [0.15, 0.2) is 11.7 Å². The van der Waals surface area contributed by atoms with Crippen LogP contribution in [0.3, 0.4) is 0 Å². The zero-order valence-corrected chi connectivity index (χ0v) is 16.3. The number of hydrogen-bond donors (Lipinski definition) is 2. The Morgan fingerprint density at radius 3 is 2.17 bits per heavy atom. The molecule has 29 heavy (non-hydrogen) atoms. The molecular formula is C21H23N3O5. The van der Waals surface area contributed by atoms with E-state index in [0.29, 0.717) is 29.0 Å². The van der Waals surface area contributed by atoms with Crippen molar-refractivity contribution in [3.05, 3.63) is 59.7 Å². The molecule has 0 aliphatic rings. The molecule has 4 N–H and O–H groups in total. The molecule has 0 amide bonds. The van der Waals surface area contributed by atoms with Crippen LogP contribution in [0.4, 0.5) is 5.69 Å². The molecule has 0 spiro atoms. The average molecular weight is 397 g/mol. The lowest BCUT2D eigenvalue weighted by Gasteiger charge is -2.12. The van der Waals surface area contributed by atoms with Gasteiger partial charge >= 0.3 is 11.9 Å². The minimum Gasteiger partial charge on any atom is -0.457 e. The van der Waals surface area contributed by atoms with Crippen LogP contribution in [0.15, 0.2) is 53.5 Å². The quantitative estimate of drug-likeness (QED) is 0.302. The van der Waals surface area contributed by atoms with E-state index in [1.54, 1.807) is 62.4 Å². The first-order valence-corrected chi connectivity index (χ1v) is 9.00. The molecule has 8 heteroatoms. The van der Waals surface area contributed by atoms with Crippen LogP contribution in [-0.4, -0.2) is 30.3 Å². The molecule has 0 bridgehead atoms. The Morgan fingerprint density at radius 2 is 1.62 bits per heavy atom. The second kappa shape index (κ2) is 10.0. The Hall–Kier alpha value is -3.68. The molecule has 2 rings (SSSR count). The monoisotopic (exact) mass is 397 g/mol. The van der Waals surface area contributed by atoms with Crippen molar-refractivity contribution in [1.29, 1.82) is 0 Å². The van der Waals surface area contributed by atoms with Crippen molar-refractivity contribution < 1.29 is 23.9 Å². The summed E-state index contributed by atoms with van der Waals surface area (Å²) in [7, 11) is 0. The van der Waals surface area contributed by atoms with Gasteiger partial charge in [-0.1, -0.05) is 19.1 Å². The van der Waals surface area contributed by atoms with Crippen LogP contribution >= 0.6 is 0 Å². The molecule has 152 valence electrons. The Morgan fingerprint density at radius 1 is 1.00 bits per heavy atom. The van der Waals surface area contributed by atoms with Crippen LogP contribution in [0.5, 0.6) is 5.75 Å². The lowest BCUT2D eigenvalue weighted by molar-refractivity contribution is -0.149. The minimum absolute atomic E-state index is 0.0736. The van der Waals surface area contributed by atoms with E-state index in [4.69, 9.17) is 20.9 Å². The predicted molar refractivity (Wildman–Crippen MR) is 108 cm³/mol. The maximum absolute atomic E-state index is 12.2. The summed E-state index contributed by atoms with van der Waals surface area (Å²) in [5.41, 5.74) is 12.1. The Kier molecular flexibility index (Phi) is 7.47. The van der Waals surface area contributed by atoms with Crippen molar-refractivity contribution in [3.8, 4) is 5.75 Å². The van der Waals surface area contributed by atoms with Gasteiger partial charge in [-0.3, -0.25) is 9.59 Å². The van der Waals surface area contributed by atoms with E-state index in [-0.39, 0.29) is 18.3 Å². The van der Waals surface area contributed by atoms with Crippen molar-refractivity contribution >= 4 is 29.4 Å². The number of benzene rings is 2. The molecule has 0 radical (unpaired) electrons. The van der Waals surface area contributed by atoms with Gasteiger partial charge in [0.2, 0.25) is 0 Å². The number of nitrogens with two attached hydrogens (primary N) is 2. The third-order valence-electron chi connectivity index (χ3n) is 4.08.